The second-order valence-electron chi connectivity index (χ2n) is 5.69. The average molecular weight is 450 g/mol. The third kappa shape index (κ3) is 5.23. The predicted octanol–water partition coefficient (Wildman–Crippen LogP) is 2.31. The van der Waals surface area contributed by atoms with Crippen molar-refractivity contribution in [3.63, 3.8) is 0 Å². The van der Waals surface area contributed by atoms with Crippen LogP contribution in [0.5, 0.6) is 0 Å². The van der Waals surface area contributed by atoms with Crippen molar-refractivity contribution < 1.29 is 28.9 Å². The Hall–Kier alpha value is -1.03. The van der Waals surface area contributed by atoms with Gasteiger partial charge in [0.05, 0.1) is 12.0 Å². The molecule has 0 amide bonds. The van der Waals surface area contributed by atoms with Crippen molar-refractivity contribution in [3.8, 4) is 0 Å². The quantitative estimate of drug-likeness (QED) is 0.191. The normalized spacial score (nSPS) is 24.7. The van der Waals surface area contributed by atoms with Gasteiger partial charge in [0.25, 0.3) is 0 Å². The lowest BCUT2D eigenvalue weighted by Crippen LogP contribution is -2.40. The summed E-state index contributed by atoms with van der Waals surface area (Å²) in [6.07, 6.45) is 0.108. The molecule has 0 aliphatic carbocycles. The van der Waals surface area contributed by atoms with Gasteiger partial charge in [0, 0.05) is 12.7 Å². The van der Waals surface area contributed by atoms with E-state index < -0.39 is 30.2 Å². The van der Waals surface area contributed by atoms with Gasteiger partial charge in [-0.3, -0.25) is 4.79 Å². The maximum atomic E-state index is 12.0. The van der Waals surface area contributed by atoms with E-state index in [1.54, 1.807) is 6.92 Å². The van der Waals surface area contributed by atoms with Crippen LogP contribution in [0, 0.1) is 5.92 Å². The topological polar surface area (TPSA) is 82.1 Å². The van der Waals surface area contributed by atoms with Gasteiger partial charge in [-0.15, -0.1) is 0 Å². The molecule has 0 aromatic carbocycles. The first kappa shape index (κ1) is 21.0. The van der Waals surface area contributed by atoms with Crippen molar-refractivity contribution >= 4 is 34.8 Å². The molecule has 0 aromatic heterocycles. The van der Waals surface area contributed by atoms with Gasteiger partial charge in [-0.05, 0) is 36.0 Å². The first-order valence-corrected chi connectivity index (χ1v) is 8.68. The van der Waals surface area contributed by atoms with Gasteiger partial charge in [-0.1, -0.05) is 34.7 Å². The van der Waals surface area contributed by atoms with Crippen molar-refractivity contribution in [2.24, 2.45) is 5.92 Å². The van der Waals surface area contributed by atoms with Crippen molar-refractivity contribution in [2.75, 3.05) is 13.9 Å². The lowest BCUT2D eigenvalue weighted by molar-refractivity contribution is -0.152. The van der Waals surface area contributed by atoms with Gasteiger partial charge in [-0.25, -0.2) is 4.79 Å². The number of aldehydes is 1. The Labute approximate surface area is 155 Å². The third-order valence-corrected chi connectivity index (χ3v) is 4.83. The number of rotatable bonds is 9. The number of cyclic esters (lactones) is 1. The van der Waals surface area contributed by atoms with E-state index in [0.29, 0.717) is 11.9 Å². The monoisotopic (exact) mass is 450 g/mol. The van der Waals surface area contributed by atoms with E-state index in [9.17, 15) is 14.7 Å². The van der Waals surface area contributed by atoms with E-state index in [2.05, 4.69) is 29.2 Å². The van der Waals surface area contributed by atoms with E-state index in [-0.39, 0.29) is 18.8 Å². The number of carbonyl (C=O) groups is 2. The summed E-state index contributed by atoms with van der Waals surface area (Å²) in [7, 11) is 1.50. The minimum absolute atomic E-state index is 0.0277. The third-order valence-electron chi connectivity index (χ3n) is 3.84. The molecule has 0 saturated carbocycles. The Morgan fingerprint density at radius 1 is 1.50 bits per heavy atom. The van der Waals surface area contributed by atoms with E-state index >= 15 is 0 Å². The van der Waals surface area contributed by atoms with Crippen LogP contribution in [-0.2, 0) is 23.8 Å². The second-order valence-corrected chi connectivity index (χ2v) is 6.31. The molecule has 7 heteroatoms. The van der Waals surface area contributed by atoms with E-state index in [4.69, 9.17) is 14.2 Å². The summed E-state index contributed by atoms with van der Waals surface area (Å²) in [5, 5.41) is 10.6. The van der Waals surface area contributed by atoms with Crippen LogP contribution < -0.4 is 0 Å². The van der Waals surface area contributed by atoms with Gasteiger partial charge in [0.15, 0.2) is 0 Å². The minimum atomic E-state index is -0.916. The number of aliphatic hydroxyl groups is 1. The summed E-state index contributed by atoms with van der Waals surface area (Å²) in [6, 6.07) is 0. The molecule has 1 saturated heterocycles. The Bertz CT molecular complexity index is 539. The van der Waals surface area contributed by atoms with Gasteiger partial charge in [-0.2, -0.15) is 0 Å². The van der Waals surface area contributed by atoms with Crippen LogP contribution in [0.15, 0.2) is 33.5 Å². The number of esters is 1. The van der Waals surface area contributed by atoms with E-state index in [1.807, 2.05) is 11.0 Å². The molecule has 1 aliphatic rings. The first-order chi connectivity index (χ1) is 11.4. The highest BCUT2D eigenvalue weighted by Gasteiger charge is 2.47. The number of hydrogen-bond donors (Lipinski definition) is 1. The molecular weight excluding hydrogens is 427 g/mol. The van der Waals surface area contributed by atoms with Gasteiger partial charge in [0.2, 0.25) is 0 Å². The molecule has 1 heterocycles. The molecule has 1 aliphatic heterocycles. The molecule has 0 bridgehead atoms. The maximum Gasteiger partial charge on any atom is 0.334 e. The summed E-state index contributed by atoms with van der Waals surface area (Å²) in [5.74, 6) is -1.17. The highest BCUT2D eigenvalue weighted by molar-refractivity contribution is 14.1. The Kier molecular flexibility index (Phi) is 8.82. The molecule has 1 rings (SSSR count). The van der Waals surface area contributed by atoms with Crippen LogP contribution in [0.4, 0.5) is 0 Å². The van der Waals surface area contributed by atoms with Crippen LogP contribution in [0.2, 0.25) is 0 Å². The molecule has 0 radical (unpaired) electrons. The molecule has 1 N–H and O–H groups in total. The van der Waals surface area contributed by atoms with Crippen molar-refractivity contribution in [2.45, 2.75) is 38.6 Å². The Morgan fingerprint density at radius 3 is 2.71 bits per heavy atom. The van der Waals surface area contributed by atoms with Crippen LogP contribution >= 0.6 is 22.6 Å². The summed E-state index contributed by atoms with van der Waals surface area (Å²) in [6.45, 7) is 7.37. The van der Waals surface area contributed by atoms with Crippen molar-refractivity contribution in [3.05, 3.63) is 33.5 Å². The maximum absolute atomic E-state index is 12.0. The van der Waals surface area contributed by atoms with Crippen LogP contribution in [0.25, 0.3) is 0 Å². The number of halogens is 1. The lowest BCUT2D eigenvalue weighted by atomic mass is 9.84. The standard InChI is InChI=1S/C17H23IO6/c1-10(5-6-19)7-13(20)14-12(3)17(21)24-16(14)15(11(2)8-18)23-9-22-4/h5-6,8,13-16,20H,3,7,9H2,1-2,4H3/b10-5+,11-8-/t13-,14?,15?,16-/m0/s1. The lowest BCUT2D eigenvalue weighted by Gasteiger charge is -2.30. The SMILES string of the molecule is C=C1C(=O)O[C@H](C(OCOC)/C(C)=C\I)C1[C@@H](O)C/C(C)=C/C=O. The highest BCUT2D eigenvalue weighted by Crippen LogP contribution is 2.36. The van der Waals surface area contributed by atoms with Crippen LogP contribution in [0.3, 0.4) is 0 Å². The smallest absolute Gasteiger partial charge is 0.334 e. The number of allylic oxidation sites excluding steroid dienone is 1. The number of hydrogen-bond acceptors (Lipinski definition) is 6. The molecule has 134 valence electrons. The molecular formula is C17H23IO6. The molecule has 24 heavy (non-hydrogen) atoms. The number of aliphatic hydroxyl groups excluding tert-OH is 1. The number of methoxy groups -OCH3 is 1. The summed E-state index contributed by atoms with van der Waals surface area (Å²) >= 11 is 2.08. The zero-order valence-electron chi connectivity index (χ0n) is 14.0. The zero-order valence-corrected chi connectivity index (χ0v) is 16.2. The molecule has 0 spiro atoms. The van der Waals surface area contributed by atoms with Crippen LogP contribution in [0.1, 0.15) is 20.3 Å². The number of carbonyl (C=O) groups excluding carboxylic acids is 2. The number of ether oxygens (including phenoxy) is 3. The molecule has 6 nitrogen and oxygen atoms in total. The van der Waals surface area contributed by atoms with E-state index in [1.165, 1.54) is 13.2 Å². The van der Waals surface area contributed by atoms with Crippen LogP contribution in [-0.4, -0.2) is 49.6 Å². The molecule has 2 unspecified atom stereocenters. The average Bonchev–Trinajstić information content (AvgIpc) is 2.82. The van der Waals surface area contributed by atoms with Gasteiger partial charge < -0.3 is 19.3 Å². The minimum Gasteiger partial charge on any atom is -0.455 e. The van der Waals surface area contributed by atoms with Gasteiger partial charge in [0.1, 0.15) is 25.3 Å². The fourth-order valence-corrected chi connectivity index (χ4v) is 2.99. The van der Waals surface area contributed by atoms with Crippen molar-refractivity contribution in [1.29, 1.82) is 0 Å². The highest BCUT2D eigenvalue weighted by atomic mass is 127. The largest absolute Gasteiger partial charge is 0.455 e. The molecule has 1 fully saturated rings. The fourth-order valence-electron chi connectivity index (χ4n) is 2.64. The zero-order chi connectivity index (χ0) is 18.3. The summed E-state index contributed by atoms with van der Waals surface area (Å²) < 4.78 is 17.9. The Morgan fingerprint density at radius 2 is 2.17 bits per heavy atom. The van der Waals surface area contributed by atoms with E-state index in [0.717, 1.165) is 5.57 Å². The fraction of sp³-hybridized carbons (Fsp3) is 0.529. The summed E-state index contributed by atoms with van der Waals surface area (Å²) in [4.78, 5) is 22.5. The second kappa shape index (κ2) is 10.1. The van der Waals surface area contributed by atoms with Crippen molar-refractivity contribution in [1.82, 2.24) is 0 Å². The van der Waals surface area contributed by atoms with Gasteiger partial charge >= 0.3 is 5.97 Å². The first-order valence-electron chi connectivity index (χ1n) is 7.43. The predicted molar refractivity (Wildman–Crippen MR) is 97.5 cm³/mol. The summed E-state index contributed by atoms with van der Waals surface area (Å²) in [5.41, 5.74) is 1.76. The molecule has 4 atom stereocenters. The Balaban J connectivity index is 3.08. The molecule has 0 aromatic rings.